The number of ether oxygens (including phenoxy) is 1. The van der Waals surface area contributed by atoms with E-state index in [4.69, 9.17) is 4.74 Å². The van der Waals surface area contributed by atoms with E-state index in [1.165, 1.54) is 6.07 Å². The Balaban J connectivity index is 1.52. The third kappa shape index (κ3) is 3.73. The molecular formula is C22H25BrF4N4O. The van der Waals surface area contributed by atoms with Gasteiger partial charge in [0.05, 0.1) is 9.89 Å². The van der Waals surface area contributed by atoms with Crippen molar-refractivity contribution < 1.29 is 22.3 Å². The van der Waals surface area contributed by atoms with Crippen LogP contribution in [-0.4, -0.2) is 61.1 Å². The number of rotatable bonds is 6. The van der Waals surface area contributed by atoms with Crippen molar-refractivity contribution in [1.82, 2.24) is 14.9 Å². The Morgan fingerprint density at radius 1 is 1.19 bits per heavy atom. The average Bonchev–Trinajstić information content (AvgIpc) is 3.08. The first-order valence-corrected chi connectivity index (χ1v) is 11.6. The number of nitrogens with zero attached hydrogens (tertiary/aromatic N) is 4. The summed E-state index contributed by atoms with van der Waals surface area (Å²) in [5.74, 6) is -3.00. The van der Waals surface area contributed by atoms with E-state index in [0.29, 0.717) is 17.7 Å². The molecule has 2 saturated carbocycles. The molecule has 3 fully saturated rings. The van der Waals surface area contributed by atoms with Gasteiger partial charge in [-0.3, -0.25) is 0 Å². The van der Waals surface area contributed by atoms with Gasteiger partial charge in [-0.25, -0.2) is 17.6 Å². The minimum absolute atomic E-state index is 0.0830. The van der Waals surface area contributed by atoms with Crippen molar-refractivity contribution >= 4 is 32.7 Å². The number of hydrogen-bond donors (Lipinski definition) is 0. The number of halogens is 5. The molecule has 1 aliphatic heterocycles. The fourth-order valence-corrected chi connectivity index (χ4v) is 5.69. The van der Waals surface area contributed by atoms with E-state index in [1.807, 2.05) is 4.90 Å². The van der Waals surface area contributed by atoms with Gasteiger partial charge >= 0.3 is 6.01 Å². The van der Waals surface area contributed by atoms with Gasteiger partial charge in [0.15, 0.2) is 5.82 Å². The first kappa shape index (κ1) is 22.1. The molecule has 2 heterocycles. The molecule has 3 atom stereocenters. The first-order valence-electron chi connectivity index (χ1n) is 10.8. The van der Waals surface area contributed by atoms with Crippen molar-refractivity contribution in [2.45, 2.75) is 31.6 Å². The molecule has 3 aliphatic rings. The summed E-state index contributed by atoms with van der Waals surface area (Å²) in [6.07, 6.45) is 3.13. The monoisotopic (exact) mass is 516 g/mol. The molecule has 2 bridgehead atoms. The zero-order valence-electron chi connectivity index (χ0n) is 18.0. The molecule has 0 radical (unpaired) electrons. The molecule has 0 amide bonds. The van der Waals surface area contributed by atoms with Crippen molar-refractivity contribution in [3.63, 3.8) is 0 Å². The van der Waals surface area contributed by atoms with Crippen molar-refractivity contribution in [1.29, 1.82) is 0 Å². The van der Waals surface area contributed by atoms with Crippen LogP contribution in [0.5, 0.6) is 6.01 Å². The minimum Gasteiger partial charge on any atom is -0.463 e. The fraction of sp³-hybridized carbons (Fsp3) is 0.636. The lowest BCUT2D eigenvalue weighted by Gasteiger charge is -2.33. The Hall–Kier alpha value is -1.68. The summed E-state index contributed by atoms with van der Waals surface area (Å²) in [4.78, 5) is 12.4. The van der Waals surface area contributed by atoms with Gasteiger partial charge in [-0.2, -0.15) is 9.97 Å². The molecule has 3 unspecified atom stereocenters. The Kier molecular flexibility index (Phi) is 5.31. The van der Waals surface area contributed by atoms with Crippen molar-refractivity contribution in [2.75, 3.05) is 45.2 Å². The van der Waals surface area contributed by atoms with Gasteiger partial charge in [-0.1, -0.05) is 0 Å². The smallest absolute Gasteiger partial charge is 0.319 e. The fourth-order valence-electron chi connectivity index (χ4n) is 5.39. The van der Waals surface area contributed by atoms with Crippen molar-refractivity contribution in [3.8, 4) is 6.01 Å². The lowest BCUT2D eigenvalue weighted by molar-refractivity contribution is 0.0288. The number of fused-ring (bicyclic) bond motifs is 3. The summed E-state index contributed by atoms with van der Waals surface area (Å²) in [6.45, 7) is 1.35. The van der Waals surface area contributed by atoms with Crippen LogP contribution in [0.25, 0.3) is 10.9 Å². The molecule has 1 saturated heterocycles. The van der Waals surface area contributed by atoms with Crippen molar-refractivity contribution in [2.24, 2.45) is 17.3 Å². The molecule has 10 heteroatoms. The van der Waals surface area contributed by atoms with E-state index < -0.39 is 23.0 Å². The van der Waals surface area contributed by atoms with E-state index >= 15 is 0 Å². The first-order chi connectivity index (χ1) is 15.1. The SMILES string of the molecule is CN(C)CC1(COc2nc(N3CC4CCC(C4)C3)c3cc(F)c(Br)c(F)c3n2)CC1(F)F. The van der Waals surface area contributed by atoms with Crippen LogP contribution in [0, 0.1) is 28.9 Å². The van der Waals surface area contributed by atoms with Gasteiger partial charge < -0.3 is 14.5 Å². The summed E-state index contributed by atoms with van der Waals surface area (Å²) in [6, 6.07) is 1.06. The molecule has 2 aliphatic carbocycles. The van der Waals surface area contributed by atoms with Crippen LogP contribution in [0.4, 0.5) is 23.4 Å². The van der Waals surface area contributed by atoms with E-state index in [9.17, 15) is 17.6 Å². The summed E-state index contributed by atoms with van der Waals surface area (Å²) in [5, 5.41) is 0.261. The number of alkyl halides is 2. The van der Waals surface area contributed by atoms with Gasteiger partial charge in [0.2, 0.25) is 0 Å². The van der Waals surface area contributed by atoms with Gasteiger partial charge in [0.1, 0.15) is 23.8 Å². The molecule has 5 nitrogen and oxygen atoms in total. The predicted octanol–water partition coefficient (Wildman–Crippen LogP) is 4.87. The number of anilines is 1. The summed E-state index contributed by atoms with van der Waals surface area (Å²) < 4.78 is 62.9. The molecule has 174 valence electrons. The highest BCUT2D eigenvalue weighted by atomic mass is 79.9. The highest BCUT2D eigenvalue weighted by Crippen LogP contribution is 2.60. The minimum atomic E-state index is -2.83. The van der Waals surface area contributed by atoms with Gasteiger partial charge in [0, 0.05) is 31.4 Å². The number of aromatic nitrogens is 2. The van der Waals surface area contributed by atoms with E-state index in [0.717, 1.165) is 32.4 Å². The van der Waals surface area contributed by atoms with Gasteiger partial charge in [-0.15, -0.1) is 0 Å². The third-order valence-corrected chi connectivity index (χ3v) is 7.73. The second-order valence-corrected chi connectivity index (χ2v) is 10.6. The topological polar surface area (TPSA) is 41.5 Å². The molecule has 32 heavy (non-hydrogen) atoms. The highest BCUT2D eigenvalue weighted by molar-refractivity contribution is 9.10. The van der Waals surface area contributed by atoms with Crippen LogP contribution < -0.4 is 9.64 Å². The maximum atomic E-state index is 15.0. The summed E-state index contributed by atoms with van der Waals surface area (Å²) in [5.41, 5.74) is -1.40. The van der Waals surface area contributed by atoms with E-state index in [1.54, 1.807) is 19.0 Å². The summed E-state index contributed by atoms with van der Waals surface area (Å²) >= 11 is 2.93. The molecule has 1 aromatic heterocycles. The van der Waals surface area contributed by atoms with E-state index in [-0.39, 0.29) is 41.0 Å². The van der Waals surface area contributed by atoms with Crippen molar-refractivity contribution in [3.05, 3.63) is 22.2 Å². The summed E-state index contributed by atoms with van der Waals surface area (Å²) in [7, 11) is 3.46. The number of piperidine rings is 1. The van der Waals surface area contributed by atoms with Crippen LogP contribution in [0.3, 0.4) is 0 Å². The van der Waals surface area contributed by atoms with Gasteiger partial charge in [-0.05, 0) is 67.2 Å². The Bertz CT molecular complexity index is 1060. The second-order valence-electron chi connectivity index (χ2n) is 9.85. The maximum absolute atomic E-state index is 15.0. The largest absolute Gasteiger partial charge is 0.463 e. The molecule has 0 N–H and O–H groups in total. The van der Waals surface area contributed by atoms with Gasteiger partial charge in [0.25, 0.3) is 5.92 Å². The van der Waals surface area contributed by atoms with Crippen LogP contribution >= 0.6 is 15.9 Å². The molecule has 0 spiro atoms. The van der Waals surface area contributed by atoms with Crippen LogP contribution in [-0.2, 0) is 0 Å². The molecule has 2 aromatic rings. The lowest BCUT2D eigenvalue weighted by Crippen LogP contribution is -2.37. The zero-order chi connectivity index (χ0) is 22.8. The molecular weight excluding hydrogens is 492 g/mol. The maximum Gasteiger partial charge on any atom is 0.319 e. The zero-order valence-corrected chi connectivity index (χ0v) is 19.6. The number of benzene rings is 1. The molecule has 1 aromatic carbocycles. The lowest BCUT2D eigenvalue weighted by atomic mass is 9.98. The standard InChI is InChI=1S/C22H25BrF4N4O/c1-30(2)10-21(9-22(21,26)27)11-32-20-28-18-14(6-15(24)16(23)17(18)25)19(29-20)31-7-12-3-4-13(5-12)8-31/h6,12-13H,3-5,7-11H2,1-2H3. The highest BCUT2D eigenvalue weighted by Gasteiger charge is 2.71. The normalized spacial score (nSPS) is 28.6. The molecule has 5 rings (SSSR count). The third-order valence-electron chi connectivity index (χ3n) is 7.00. The van der Waals surface area contributed by atoms with Crippen LogP contribution in [0.2, 0.25) is 0 Å². The Labute approximate surface area is 192 Å². The average molecular weight is 517 g/mol. The van der Waals surface area contributed by atoms with Crippen LogP contribution in [0.15, 0.2) is 10.5 Å². The number of hydrogen-bond acceptors (Lipinski definition) is 5. The van der Waals surface area contributed by atoms with E-state index in [2.05, 4.69) is 25.9 Å². The van der Waals surface area contributed by atoms with Crippen LogP contribution in [0.1, 0.15) is 25.7 Å². The predicted molar refractivity (Wildman–Crippen MR) is 116 cm³/mol. The Morgan fingerprint density at radius 2 is 1.84 bits per heavy atom. The quantitative estimate of drug-likeness (QED) is 0.404. The Morgan fingerprint density at radius 3 is 2.44 bits per heavy atom. The second kappa shape index (κ2) is 7.68.